The fourth-order valence-corrected chi connectivity index (χ4v) is 1.11. The summed E-state index contributed by atoms with van der Waals surface area (Å²) in [5, 5.41) is 0. The predicted octanol–water partition coefficient (Wildman–Crippen LogP) is -0.521. The molecule has 0 unspecified atom stereocenters. The van der Waals surface area contributed by atoms with E-state index < -0.39 is 0 Å². The first kappa shape index (κ1) is 15.8. The largest absolute Gasteiger partial charge is 1.00 e. The molecule has 0 saturated heterocycles. The summed E-state index contributed by atoms with van der Waals surface area (Å²) in [6.07, 6.45) is 0. The smallest absolute Gasteiger partial charge is 0.870 e. The van der Waals surface area contributed by atoms with Gasteiger partial charge >= 0.3 is 68.9 Å². The van der Waals surface area contributed by atoms with E-state index in [1.165, 1.54) is 0 Å². The molecule has 1 aromatic carbocycles. The average Bonchev–Trinajstić information content (AvgIpc) is 1.88. The maximum absolute atomic E-state index is 10.8. The van der Waals surface area contributed by atoms with Gasteiger partial charge in [0.25, 0.3) is 0 Å². The van der Waals surface area contributed by atoms with Gasteiger partial charge in [-0.2, -0.15) is 0 Å². The molecule has 0 radical (unpaired) electrons. The summed E-state index contributed by atoms with van der Waals surface area (Å²) in [4.78, 5) is 10.8. The molecular formula is C8H8BrCsO2. The molecule has 2 nitrogen and oxygen atoms in total. The first-order valence-electron chi connectivity index (χ1n) is 2.96. The molecule has 0 aliphatic rings. The quantitative estimate of drug-likeness (QED) is 0.641. The number of ketones is 1. The molecule has 0 aromatic heterocycles. The SMILES string of the molecule is CC(=O)c1cccc(Br)c1.[Cs+].[OH-]. The Morgan fingerprint density at radius 3 is 2.33 bits per heavy atom. The van der Waals surface area contributed by atoms with E-state index in [-0.39, 0.29) is 80.2 Å². The summed E-state index contributed by atoms with van der Waals surface area (Å²) in [6.45, 7) is 1.56. The second-order valence-electron chi connectivity index (χ2n) is 2.07. The third kappa shape index (κ3) is 5.19. The number of halogens is 1. The van der Waals surface area contributed by atoms with Crippen molar-refractivity contribution in [3.63, 3.8) is 0 Å². The van der Waals surface area contributed by atoms with Gasteiger partial charge in [-0.3, -0.25) is 4.79 Å². The molecule has 0 atom stereocenters. The van der Waals surface area contributed by atoms with E-state index in [0.29, 0.717) is 0 Å². The van der Waals surface area contributed by atoms with Gasteiger partial charge in [0.05, 0.1) is 0 Å². The van der Waals surface area contributed by atoms with Crippen molar-refractivity contribution in [3.05, 3.63) is 34.3 Å². The van der Waals surface area contributed by atoms with Gasteiger partial charge in [0.1, 0.15) is 0 Å². The Morgan fingerprint density at radius 2 is 2.00 bits per heavy atom. The van der Waals surface area contributed by atoms with Crippen LogP contribution in [0.5, 0.6) is 0 Å². The van der Waals surface area contributed by atoms with Crippen LogP contribution in [0.25, 0.3) is 0 Å². The molecule has 1 N–H and O–H groups in total. The van der Waals surface area contributed by atoms with Crippen molar-refractivity contribution in [2.24, 2.45) is 0 Å². The van der Waals surface area contributed by atoms with Crippen LogP contribution in [0.3, 0.4) is 0 Å². The summed E-state index contributed by atoms with van der Waals surface area (Å²) in [7, 11) is 0. The molecule has 1 rings (SSSR count). The van der Waals surface area contributed by atoms with E-state index in [1.807, 2.05) is 18.2 Å². The monoisotopic (exact) mass is 348 g/mol. The van der Waals surface area contributed by atoms with Crippen molar-refractivity contribution in [2.75, 3.05) is 0 Å². The van der Waals surface area contributed by atoms with Crippen molar-refractivity contribution >= 4 is 21.7 Å². The van der Waals surface area contributed by atoms with Crippen LogP contribution >= 0.6 is 15.9 Å². The standard InChI is InChI=1S/C8H7BrO.Cs.H2O/c1-6(10)7-3-2-4-8(9)5-7;;/h2-5H,1H3;;1H2/q;+1;/p-1. The average molecular weight is 349 g/mol. The number of carbonyl (C=O) groups is 1. The molecule has 4 heteroatoms. The van der Waals surface area contributed by atoms with Crippen LogP contribution in [0.2, 0.25) is 0 Å². The fourth-order valence-electron chi connectivity index (χ4n) is 0.707. The van der Waals surface area contributed by atoms with Crippen LogP contribution in [0.15, 0.2) is 28.7 Å². The van der Waals surface area contributed by atoms with Gasteiger partial charge in [-0.05, 0) is 19.1 Å². The number of hydrogen-bond acceptors (Lipinski definition) is 2. The van der Waals surface area contributed by atoms with Gasteiger partial charge in [-0.15, -0.1) is 0 Å². The Bertz CT molecular complexity index is 263. The van der Waals surface area contributed by atoms with Crippen LogP contribution in [-0.2, 0) is 0 Å². The van der Waals surface area contributed by atoms with Gasteiger partial charge < -0.3 is 5.48 Å². The Morgan fingerprint density at radius 1 is 1.42 bits per heavy atom. The fraction of sp³-hybridized carbons (Fsp3) is 0.125. The molecule has 0 saturated carbocycles. The number of Topliss-reactive ketones (excluding diaryl/α,β-unsaturated/α-hetero) is 1. The van der Waals surface area contributed by atoms with Crippen LogP contribution in [0.1, 0.15) is 17.3 Å². The second-order valence-corrected chi connectivity index (χ2v) is 2.98. The summed E-state index contributed by atoms with van der Waals surface area (Å²) >= 11 is 3.28. The van der Waals surface area contributed by atoms with Crippen molar-refractivity contribution in [2.45, 2.75) is 6.92 Å². The Hall–Kier alpha value is 1.38. The zero-order valence-corrected chi connectivity index (χ0v) is 14.9. The molecule has 0 aliphatic heterocycles. The van der Waals surface area contributed by atoms with Gasteiger partial charge in [-0.25, -0.2) is 0 Å². The molecule has 0 heterocycles. The minimum atomic E-state index is 0. The first-order chi connectivity index (χ1) is 4.70. The molecule has 0 amide bonds. The maximum Gasteiger partial charge on any atom is 1.00 e. The van der Waals surface area contributed by atoms with Crippen molar-refractivity contribution in [3.8, 4) is 0 Å². The molecule has 0 aliphatic carbocycles. The molecular weight excluding hydrogens is 341 g/mol. The van der Waals surface area contributed by atoms with Crippen LogP contribution in [0, 0.1) is 0 Å². The zero-order valence-electron chi connectivity index (χ0n) is 7.04. The van der Waals surface area contributed by atoms with E-state index in [1.54, 1.807) is 13.0 Å². The topological polar surface area (TPSA) is 47.1 Å². The minimum Gasteiger partial charge on any atom is -0.870 e. The number of hydrogen-bond donors (Lipinski definition) is 0. The molecule has 12 heavy (non-hydrogen) atoms. The maximum atomic E-state index is 10.8. The van der Waals surface area contributed by atoms with Gasteiger partial charge in [0.2, 0.25) is 0 Å². The molecule has 0 spiro atoms. The number of benzene rings is 1. The Balaban J connectivity index is 0. The van der Waals surface area contributed by atoms with E-state index in [2.05, 4.69) is 15.9 Å². The van der Waals surface area contributed by atoms with Crippen LogP contribution < -0.4 is 68.9 Å². The Labute approximate surface area is 139 Å². The third-order valence-electron chi connectivity index (χ3n) is 1.23. The zero-order chi connectivity index (χ0) is 7.56. The van der Waals surface area contributed by atoms with Crippen molar-refractivity contribution < 1.29 is 79.2 Å². The van der Waals surface area contributed by atoms with Gasteiger partial charge in [0.15, 0.2) is 5.78 Å². The van der Waals surface area contributed by atoms with E-state index in [9.17, 15) is 4.79 Å². The molecule has 0 fully saturated rings. The van der Waals surface area contributed by atoms with E-state index >= 15 is 0 Å². The van der Waals surface area contributed by atoms with E-state index in [0.717, 1.165) is 10.0 Å². The predicted molar refractivity (Wildman–Crippen MR) is 46.1 cm³/mol. The summed E-state index contributed by atoms with van der Waals surface area (Å²) in [5.41, 5.74) is 0.745. The van der Waals surface area contributed by atoms with Gasteiger partial charge in [-0.1, -0.05) is 28.1 Å². The Kier molecular flexibility index (Phi) is 10.2. The van der Waals surface area contributed by atoms with Crippen molar-refractivity contribution in [1.29, 1.82) is 0 Å². The normalized spacial score (nSPS) is 7.83. The number of carbonyl (C=O) groups excluding carboxylic acids is 1. The summed E-state index contributed by atoms with van der Waals surface area (Å²) in [5.74, 6) is 0.0984. The summed E-state index contributed by atoms with van der Waals surface area (Å²) in [6, 6.07) is 7.35. The minimum absolute atomic E-state index is 0. The number of rotatable bonds is 1. The van der Waals surface area contributed by atoms with Gasteiger partial charge in [0, 0.05) is 10.0 Å². The van der Waals surface area contributed by atoms with Crippen LogP contribution in [-0.4, -0.2) is 11.3 Å². The first-order valence-corrected chi connectivity index (χ1v) is 3.76. The molecule has 1 aromatic rings. The van der Waals surface area contributed by atoms with Crippen molar-refractivity contribution in [1.82, 2.24) is 0 Å². The molecule has 60 valence electrons. The third-order valence-corrected chi connectivity index (χ3v) is 1.72. The second kappa shape index (κ2) is 7.76. The summed E-state index contributed by atoms with van der Waals surface area (Å²) < 4.78 is 0.945. The molecule has 0 bridgehead atoms. The van der Waals surface area contributed by atoms with Crippen LogP contribution in [0.4, 0.5) is 0 Å². The van der Waals surface area contributed by atoms with E-state index in [4.69, 9.17) is 0 Å².